The second-order valence-electron chi connectivity index (χ2n) is 3.68. The van der Waals surface area contributed by atoms with Crippen LogP contribution in [0.15, 0.2) is 18.2 Å². The maximum absolute atomic E-state index is 11.8. The molecule has 86 valence electrons. The zero-order valence-corrected chi connectivity index (χ0v) is 9.03. The first kappa shape index (κ1) is 10.8. The quantitative estimate of drug-likeness (QED) is 0.780. The lowest BCUT2D eigenvalue weighted by Crippen LogP contribution is -2.37. The van der Waals surface area contributed by atoms with Crippen LogP contribution in [0.2, 0.25) is 0 Å². The van der Waals surface area contributed by atoms with E-state index >= 15 is 0 Å². The lowest BCUT2D eigenvalue weighted by atomic mass is 10.2. The number of carbonyl (C=O) groups is 1. The topological polar surface area (TPSA) is 73.6 Å². The fraction of sp³-hybridized carbons (Fsp3) is 0.364. The molecule has 1 amide bonds. The number of fused-ring (bicyclic) bond motifs is 1. The van der Waals surface area contributed by atoms with Crippen LogP contribution in [-0.4, -0.2) is 25.3 Å². The first-order chi connectivity index (χ1) is 7.70. The van der Waals surface area contributed by atoms with Gasteiger partial charge in [-0.05, 0) is 25.1 Å². The molecule has 5 heteroatoms. The van der Waals surface area contributed by atoms with Crippen molar-refractivity contribution in [2.45, 2.75) is 13.0 Å². The van der Waals surface area contributed by atoms with E-state index in [0.717, 1.165) is 0 Å². The number of carbonyl (C=O) groups excluding carboxylic acids is 1. The number of ether oxygens (including phenoxy) is 2. The van der Waals surface area contributed by atoms with Gasteiger partial charge in [0.2, 0.25) is 6.79 Å². The van der Waals surface area contributed by atoms with Crippen LogP contribution in [0.5, 0.6) is 11.5 Å². The van der Waals surface area contributed by atoms with Gasteiger partial charge < -0.3 is 20.5 Å². The number of hydrogen-bond acceptors (Lipinski definition) is 4. The molecule has 1 aromatic rings. The summed E-state index contributed by atoms with van der Waals surface area (Å²) >= 11 is 0. The number of amides is 1. The molecule has 3 N–H and O–H groups in total. The molecule has 1 aliphatic heterocycles. The first-order valence-electron chi connectivity index (χ1n) is 5.11. The first-order valence-corrected chi connectivity index (χ1v) is 5.11. The van der Waals surface area contributed by atoms with Crippen molar-refractivity contribution in [1.82, 2.24) is 5.32 Å². The van der Waals surface area contributed by atoms with Crippen molar-refractivity contribution in [2.75, 3.05) is 13.3 Å². The van der Waals surface area contributed by atoms with Gasteiger partial charge >= 0.3 is 0 Å². The SMILES string of the molecule is C[C@@H](CN)NC(=O)c1ccc2c(c1)OCO2. The molecule has 1 aromatic carbocycles. The third-order valence-corrected chi connectivity index (χ3v) is 2.37. The van der Waals surface area contributed by atoms with Crippen molar-refractivity contribution in [3.05, 3.63) is 23.8 Å². The highest BCUT2D eigenvalue weighted by atomic mass is 16.7. The van der Waals surface area contributed by atoms with Crippen molar-refractivity contribution in [2.24, 2.45) is 5.73 Å². The van der Waals surface area contributed by atoms with Crippen molar-refractivity contribution in [3.8, 4) is 11.5 Å². The van der Waals surface area contributed by atoms with Crippen LogP contribution < -0.4 is 20.5 Å². The maximum Gasteiger partial charge on any atom is 0.251 e. The standard InChI is InChI=1S/C11H14N2O3/c1-7(5-12)13-11(14)8-2-3-9-10(4-8)16-6-15-9/h2-4,7H,5-6,12H2,1H3,(H,13,14)/t7-/m0/s1. The van der Waals surface area contributed by atoms with E-state index in [0.29, 0.717) is 23.6 Å². The summed E-state index contributed by atoms with van der Waals surface area (Å²) in [6.45, 7) is 2.47. The predicted molar refractivity (Wildman–Crippen MR) is 58.5 cm³/mol. The Hall–Kier alpha value is -1.75. The minimum atomic E-state index is -0.156. The monoisotopic (exact) mass is 222 g/mol. The minimum Gasteiger partial charge on any atom is -0.454 e. The fourth-order valence-electron chi connectivity index (χ4n) is 1.40. The van der Waals surface area contributed by atoms with E-state index in [9.17, 15) is 4.79 Å². The Morgan fingerprint density at radius 1 is 1.50 bits per heavy atom. The zero-order chi connectivity index (χ0) is 11.5. The molecule has 0 saturated heterocycles. The average molecular weight is 222 g/mol. The highest BCUT2D eigenvalue weighted by Gasteiger charge is 2.16. The number of nitrogens with two attached hydrogens (primary N) is 1. The van der Waals surface area contributed by atoms with E-state index in [4.69, 9.17) is 15.2 Å². The third-order valence-electron chi connectivity index (χ3n) is 2.37. The summed E-state index contributed by atoms with van der Waals surface area (Å²) in [5.41, 5.74) is 5.98. The van der Waals surface area contributed by atoms with Crippen LogP contribution in [0.4, 0.5) is 0 Å². The predicted octanol–water partition coefficient (Wildman–Crippen LogP) is 0.492. The van der Waals surface area contributed by atoms with Gasteiger partial charge in [-0.25, -0.2) is 0 Å². The number of rotatable bonds is 3. The Bertz CT molecular complexity index is 406. The van der Waals surface area contributed by atoms with Crippen LogP contribution in [-0.2, 0) is 0 Å². The highest BCUT2D eigenvalue weighted by Crippen LogP contribution is 2.32. The van der Waals surface area contributed by atoms with E-state index in [-0.39, 0.29) is 18.7 Å². The van der Waals surface area contributed by atoms with Crippen molar-refractivity contribution >= 4 is 5.91 Å². The lowest BCUT2D eigenvalue weighted by molar-refractivity contribution is 0.0941. The van der Waals surface area contributed by atoms with E-state index in [1.54, 1.807) is 18.2 Å². The normalized spacial score (nSPS) is 14.6. The second-order valence-corrected chi connectivity index (χ2v) is 3.68. The number of nitrogens with one attached hydrogen (secondary N) is 1. The van der Waals surface area contributed by atoms with E-state index in [1.165, 1.54) is 0 Å². The second kappa shape index (κ2) is 4.40. The van der Waals surface area contributed by atoms with Gasteiger partial charge in [0.25, 0.3) is 5.91 Å². The number of benzene rings is 1. The molecular formula is C11H14N2O3. The Morgan fingerprint density at radius 3 is 3.00 bits per heavy atom. The molecule has 0 bridgehead atoms. The summed E-state index contributed by atoms with van der Waals surface area (Å²) in [7, 11) is 0. The summed E-state index contributed by atoms with van der Waals surface area (Å²) in [5.74, 6) is 1.12. The smallest absolute Gasteiger partial charge is 0.251 e. The van der Waals surface area contributed by atoms with Gasteiger partial charge in [0, 0.05) is 18.2 Å². The van der Waals surface area contributed by atoms with Crippen LogP contribution in [0.3, 0.4) is 0 Å². The molecule has 16 heavy (non-hydrogen) atoms. The molecule has 0 fully saturated rings. The molecule has 1 heterocycles. The van der Waals surface area contributed by atoms with Crippen molar-refractivity contribution in [3.63, 3.8) is 0 Å². The summed E-state index contributed by atoms with van der Waals surface area (Å²) < 4.78 is 10.4. The maximum atomic E-state index is 11.8. The molecule has 0 saturated carbocycles. The molecular weight excluding hydrogens is 208 g/mol. The Labute approximate surface area is 93.5 Å². The van der Waals surface area contributed by atoms with Gasteiger partial charge in [-0.2, -0.15) is 0 Å². The molecule has 1 aliphatic rings. The zero-order valence-electron chi connectivity index (χ0n) is 9.03. The van der Waals surface area contributed by atoms with Gasteiger partial charge in [0.05, 0.1) is 0 Å². The molecule has 5 nitrogen and oxygen atoms in total. The van der Waals surface area contributed by atoms with Gasteiger partial charge in [0.1, 0.15) is 0 Å². The molecule has 0 radical (unpaired) electrons. The van der Waals surface area contributed by atoms with Crippen LogP contribution in [0.25, 0.3) is 0 Å². The van der Waals surface area contributed by atoms with Gasteiger partial charge in [0.15, 0.2) is 11.5 Å². The van der Waals surface area contributed by atoms with Gasteiger partial charge in [-0.1, -0.05) is 0 Å². The van der Waals surface area contributed by atoms with Crippen molar-refractivity contribution in [1.29, 1.82) is 0 Å². The average Bonchev–Trinajstić information content (AvgIpc) is 2.75. The Morgan fingerprint density at radius 2 is 2.25 bits per heavy atom. The van der Waals surface area contributed by atoms with Gasteiger partial charge in [-0.3, -0.25) is 4.79 Å². The minimum absolute atomic E-state index is 0.0436. The molecule has 0 aromatic heterocycles. The molecule has 1 atom stereocenters. The van der Waals surface area contributed by atoms with Crippen LogP contribution in [0.1, 0.15) is 17.3 Å². The van der Waals surface area contributed by atoms with E-state index in [1.807, 2.05) is 6.92 Å². The Balaban J connectivity index is 2.12. The summed E-state index contributed by atoms with van der Waals surface area (Å²) in [6, 6.07) is 5.05. The lowest BCUT2D eigenvalue weighted by Gasteiger charge is -2.11. The summed E-state index contributed by atoms with van der Waals surface area (Å²) in [4.78, 5) is 11.8. The summed E-state index contributed by atoms with van der Waals surface area (Å²) in [5, 5.41) is 2.78. The fourth-order valence-corrected chi connectivity index (χ4v) is 1.40. The Kier molecular flexibility index (Phi) is 2.96. The van der Waals surface area contributed by atoms with E-state index < -0.39 is 0 Å². The third kappa shape index (κ3) is 2.09. The number of hydrogen-bond donors (Lipinski definition) is 2. The highest BCUT2D eigenvalue weighted by molar-refractivity contribution is 5.95. The van der Waals surface area contributed by atoms with Crippen LogP contribution >= 0.6 is 0 Å². The molecule has 0 spiro atoms. The van der Waals surface area contributed by atoms with Crippen molar-refractivity contribution < 1.29 is 14.3 Å². The van der Waals surface area contributed by atoms with E-state index in [2.05, 4.69) is 5.32 Å². The molecule has 2 rings (SSSR count). The molecule has 0 aliphatic carbocycles. The van der Waals surface area contributed by atoms with Gasteiger partial charge in [-0.15, -0.1) is 0 Å². The molecule has 0 unspecified atom stereocenters. The summed E-state index contributed by atoms with van der Waals surface area (Å²) in [6.07, 6.45) is 0. The largest absolute Gasteiger partial charge is 0.454 e. The van der Waals surface area contributed by atoms with Crippen LogP contribution in [0, 0.1) is 0 Å².